The van der Waals surface area contributed by atoms with Crippen LogP contribution in [0.25, 0.3) is 6.08 Å². The molecular weight excluding hydrogens is 382 g/mol. The molecule has 0 aromatic heterocycles. The van der Waals surface area contributed by atoms with Crippen LogP contribution < -0.4 is 0 Å². The maximum Gasteiger partial charge on any atom is 0.257 e. The number of nitrogens with zero attached hydrogens (tertiary/aromatic N) is 3. The van der Waals surface area contributed by atoms with Crippen molar-refractivity contribution in [3.8, 4) is 0 Å². The number of carbonyl (C=O) groups is 1. The van der Waals surface area contributed by atoms with Gasteiger partial charge in [0.25, 0.3) is 5.91 Å². The number of benzene rings is 2. The molecule has 4 heteroatoms. The molecule has 0 N–H and O–H groups in total. The van der Waals surface area contributed by atoms with Crippen LogP contribution in [-0.2, 0) is 4.79 Å². The lowest BCUT2D eigenvalue weighted by Gasteiger charge is -2.31. The predicted octanol–water partition coefficient (Wildman–Crippen LogP) is 5.30. The highest BCUT2D eigenvalue weighted by atomic mass is 16.2. The lowest BCUT2D eigenvalue weighted by atomic mass is 9.77. The molecule has 5 rings (SSSR count). The average molecular weight is 414 g/mol. The molecule has 1 saturated carbocycles. The largest absolute Gasteiger partial charge is 0.294 e. The smallest absolute Gasteiger partial charge is 0.257 e. The number of hydrogen-bond donors (Lipinski definition) is 0. The Kier molecular flexibility index (Phi) is 5.99. The summed E-state index contributed by atoms with van der Waals surface area (Å²) >= 11 is 0. The normalized spacial score (nSPS) is 25.4. The number of piperidine rings is 1. The zero-order valence-electron chi connectivity index (χ0n) is 18.1. The van der Waals surface area contributed by atoms with Crippen molar-refractivity contribution in [3.05, 3.63) is 77.4 Å². The maximum absolute atomic E-state index is 13.5. The molecule has 4 nitrogen and oxygen atoms in total. The molecule has 0 bridgehead atoms. The minimum atomic E-state index is 0.00737. The van der Waals surface area contributed by atoms with Crippen LogP contribution in [0.2, 0.25) is 0 Å². The van der Waals surface area contributed by atoms with Crippen LogP contribution in [0.15, 0.2) is 71.3 Å². The van der Waals surface area contributed by atoms with Gasteiger partial charge in [-0.15, -0.1) is 0 Å². The molecule has 2 aromatic carbocycles. The summed E-state index contributed by atoms with van der Waals surface area (Å²) in [5.41, 5.74) is 4.81. The predicted molar refractivity (Wildman–Crippen MR) is 126 cm³/mol. The summed E-state index contributed by atoms with van der Waals surface area (Å²) in [6.07, 6.45) is 9.18. The minimum Gasteiger partial charge on any atom is -0.294 e. The van der Waals surface area contributed by atoms with E-state index >= 15 is 0 Å². The number of fused-ring (bicyclic) bond motifs is 1. The third kappa shape index (κ3) is 4.35. The number of carbonyl (C=O) groups excluding carboxylic acids is 1. The molecule has 0 radical (unpaired) electrons. The van der Waals surface area contributed by atoms with Gasteiger partial charge >= 0.3 is 0 Å². The van der Waals surface area contributed by atoms with Crippen molar-refractivity contribution in [2.24, 2.45) is 11.0 Å². The molecule has 3 aliphatic rings. The van der Waals surface area contributed by atoms with Gasteiger partial charge in [0.1, 0.15) is 0 Å². The Morgan fingerprint density at radius 1 is 0.935 bits per heavy atom. The van der Waals surface area contributed by atoms with Crippen molar-refractivity contribution in [1.29, 1.82) is 0 Å². The molecule has 160 valence electrons. The fourth-order valence-corrected chi connectivity index (χ4v) is 5.32. The fraction of sp³-hybridized carbons (Fsp3) is 0.407. The number of rotatable bonds is 4. The average Bonchev–Trinajstić information content (AvgIpc) is 3.22. The van der Waals surface area contributed by atoms with Gasteiger partial charge in [0.15, 0.2) is 0 Å². The highest BCUT2D eigenvalue weighted by Crippen LogP contribution is 2.44. The third-order valence-corrected chi connectivity index (χ3v) is 6.85. The second kappa shape index (κ2) is 9.19. The van der Waals surface area contributed by atoms with E-state index in [-0.39, 0.29) is 17.9 Å². The zero-order valence-corrected chi connectivity index (χ0v) is 18.1. The van der Waals surface area contributed by atoms with Gasteiger partial charge in [0, 0.05) is 5.92 Å². The molecule has 31 heavy (non-hydrogen) atoms. The second-order valence-corrected chi connectivity index (χ2v) is 8.99. The van der Waals surface area contributed by atoms with Crippen molar-refractivity contribution < 1.29 is 4.79 Å². The van der Waals surface area contributed by atoms with E-state index in [1.54, 1.807) is 0 Å². The van der Waals surface area contributed by atoms with Crippen LogP contribution >= 0.6 is 0 Å². The lowest BCUT2D eigenvalue weighted by Crippen LogP contribution is -2.41. The summed E-state index contributed by atoms with van der Waals surface area (Å²) in [5.74, 6) is 0.410. The van der Waals surface area contributed by atoms with E-state index in [4.69, 9.17) is 5.10 Å². The van der Waals surface area contributed by atoms with E-state index in [2.05, 4.69) is 59.5 Å². The summed E-state index contributed by atoms with van der Waals surface area (Å²) in [7, 11) is 0. The van der Waals surface area contributed by atoms with E-state index in [0.717, 1.165) is 38.1 Å². The Bertz CT molecular complexity index is 960. The van der Waals surface area contributed by atoms with Crippen molar-refractivity contribution in [2.45, 2.75) is 44.6 Å². The second-order valence-electron chi connectivity index (χ2n) is 8.99. The van der Waals surface area contributed by atoms with E-state index in [1.165, 1.54) is 36.0 Å². The van der Waals surface area contributed by atoms with Gasteiger partial charge in [-0.1, -0.05) is 67.1 Å². The highest BCUT2D eigenvalue weighted by Gasteiger charge is 2.43. The van der Waals surface area contributed by atoms with Crippen molar-refractivity contribution in [2.75, 3.05) is 19.6 Å². The van der Waals surface area contributed by atoms with Gasteiger partial charge < -0.3 is 0 Å². The van der Waals surface area contributed by atoms with Crippen LogP contribution in [0.1, 0.15) is 55.7 Å². The molecule has 2 aliphatic heterocycles. The first-order chi connectivity index (χ1) is 15.3. The first-order valence-corrected chi connectivity index (χ1v) is 11.7. The fourth-order valence-electron chi connectivity index (χ4n) is 5.32. The highest BCUT2D eigenvalue weighted by molar-refractivity contribution is 6.08. The molecule has 2 atom stereocenters. The van der Waals surface area contributed by atoms with Crippen LogP contribution in [0, 0.1) is 5.92 Å². The van der Waals surface area contributed by atoms with Gasteiger partial charge in [0.2, 0.25) is 0 Å². The van der Waals surface area contributed by atoms with Crippen molar-refractivity contribution >= 4 is 17.7 Å². The van der Waals surface area contributed by atoms with Crippen LogP contribution in [0.5, 0.6) is 0 Å². The molecular formula is C27H31N3O. The molecule has 0 spiro atoms. The Hall–Kier alpha value is -2.72. The van der Waals surface area contributed by atoms with E-state index < -0.39 is 0 Å². The van der Waals surface area contributed by atoms with Gasteiger partial charge in [-0.25, -0.2) is 5.01 Å². The Balaban J connectivity index is 1.47. The first-order valence-electron chi connectivity index (χ1n) is 11.7. The number of allylic oxidation sites excluding steroid dienone is 1. The molecule has 1 aliphatic carbocycles. The molecule has 2 fully saturated rings. The minimum absolute atomic E-state index is 0.00737. The third-order valence-electron chi connectivity index (χ3n) is 6.85. The van der Waals surface area contributed by atoms with E-state index in [9.17, 15) is 4.79 Å². The zero-order chi connectivity index (χ0) is 21.0. The van der Waals surface area contributed by atoms with Crippen molar-refractivity contribution in [1.82, 2.24) is 9.91 Å². The van der Waals surface area contributed by atoms with Gasteiger partial charge in [-0.2, -0.15) is 5.10 Å². The Morgan fingerprint density at radius 2 is 1.65 bits per heavy atom. The maximum atomic E-state index is 13.5. The van der Waals surface area contributed by atoms with Gasteiger partial charge in [-0.3, -0.25) is 9.69 Å². The Labute approximate surface area is 185 Å². The monoisotopic (exact) mass is 413 g/mol. The lowest BCUT2D eigenvalue weighted by molar-refractivity contribution is -0.135. The number of amides is 1. The van der Waals surface area contributed by atoms with Crippen molar-refractivity contribution in [3.63, 3.8) is 0 Å². The standard InChI is InChI=1S/C27H31N3O/c31-25(20-29-17-8-3-9-18-29)30-27(22-13-6-2-7-14-22)24-16-10-15-23(26(24)28-30)19-21-11-4-1-5-12-21/h1-2,4-7,11-14,19,24,27H,3,8-10,15-18,20H2/b23-19-/t24-,27+/m1/s1. The van der Waals surface area contributed by atoms with E-state index in [0.29, 0.717) is 6.54 Å². The first kappa shape index (κ1) is 20.2. The van der Waals surface area contributed by atoms with E-state index in [1.807, 2.05) is 17.1 Å². The summed E-state index contributed by atoms with van der Waals surface area (Å²) in [4.78, 5) is 15.8. The summed E-state index contributed by atoms with van der Waals surface area (Å²) in [5, 5.41) is 6.84. The van der Waals surface area contributed by atoms with Crippen LogP contribution in [-0.4, -0.2) is 41.2 Å². The quantitative estimate of drug-likeness (QED) is 0.682. The summed E-state index contributed by atoms with van der Waals surface area (Å²) < 4.78 is 0. The molecule has 2 aromatic rings. The number of hydrazone groups is 1. The summed E-state index contributed by atoms with van der Waals surface area (Å²) in [6.45, 7) is 2.52. The molecule has 1 saturated heterocycles. The SMILES string of the molecule is O=C(CN1CCCCC1)N1N=C2/C(=C\c3ccccc3)CCC[C@H]2[C@@H]1c1ccccc1. The molecule has 2 heterocycles. The number of hydrogen-bond acceptors (Lipinski definition) is 3. The number of likely N-dealkylation sites (tertiary alicyclic amines) is 1. The van der Waals surface area contributed by atoms with Gasteiger partial charge in [0.05, 0.1) is 18.3 Å². The van der Waals surface area contributed by atoms with Crippen LogP contribution in [0.4, 0.5) is 0 Å². The van der Waals surface area contributed by atoms with Crippen LogP contribution in [0.3, 0.4) is 0 Å². The summed E-state index contributed by atoms with van der Waals surface area (Å²) in [6, 6.07) is 21.0. The Morgan fingerprint density at radius 3 is 2.39 bits per heavy atom. The molecule has 1 amide bonds. The topological polar surface area (TPSA) is 35.9 Å². The molecule has 0 unspecified atom stereocenters. The van der Waals surface area contributed by atoms with Gasteiger partial charge in [-0.05, 0) is 68.0 Å².